The number of carbonyl (C=O) groups excluding carboxylic acids is 2. The first-order chi connectivity index (χ1) is 11.1. The van der Waals surface area contributed by atoms with Crippen molar-refractivity contribution < 1.29 is 23.8 Å². The molecule has 24 heavy (non-hydrogen) atoms. The number of allylic oxidation sites excluding steroid dienone is 1. The molecule has 0 bridgehead atoms. The van der Waals surface area contributed by atoms with Gasteiger partial charge in [-0.15, -0.1) is 0 Å². The number of rotatable bonds is 3. The Morgan fingerprint density at radius 3 is 2.42 bits per heavy atom. The van der Waals surface area contributed by atoms with E-state index in [9.17, 15) is 9.59 Å². The summed E-state index contributed by atoms with van der Waals surface area (Å²) < 4.78 is 17.3. The van der Waals surface area contributed by atoms with Gasteiger partial charge in [0, 0.05) is 26.2 Å². The molecule has 1 saturated heterocycles. The Bertz CT molecular complexity index is 524. The predicted molar refractivity (Wildman–Crippen MR) is 90.3 cm³/mol. The zero-order valence-electron chi connectivity index (χ0n) is 15.6. The molecule has 136 valence electrons. The molecule has 2 rings (SSSR count). The van der Waals surface area contributed by atoms with Crippen LogP contribution in [-0.2, 0) is 23.8 Å². The molecule has 0 spiro atoms. The third kappa shape index (κ3) is 4.38. The lowest BCUT2D eigenvalue weighted by molar-refractivity contribution is -0.163. The van der Waals surface area contributed by atoms with E-state index in [1.807, 2.05) is 0 Å². The smallest absolute Gasteiger partial charge is 0.303 e. The third-order valence-corrected chi connectivity index (χ3v) is 5.09. The van der Waals surface area contributed by atoms with Crippen LogP contribution in [0.3, 0.4) is 0 Å². The molecule has 1 fully saturated rings. The molecule has 2 aliphatic rings. The number of hydrogen-bond acceptors (Lipinski definition) is 5. The Kier molecular flexibility index (Phi) is 5.74. The van der Waals surface area contributed by atoms with Crippen LogP contribution in [0.5, 0.6) is 0 Å². The predicted octanol–water partition coefficient (Wildman–Crippen LogP) is 3.41. The summed E-state index contributed by atoms with van der Waals surface area (Å²) in [6.07, 6.45) is 3.80. The quantitative estimate of drug-likeness (QED) is 0.448. The standard InChI is InChI=1S/C19H30O5/c1-11(2)16-15(22-13(4)20)10-12(3)8-7-9-19(6)18(24-19)17(16)23-14(5)21/h8,11,15-18H,7,9-10H2,1-6H3/b12-8+/t15-,16-,17-,18+,19+/m1/s1. The van der Waals surface area contributed by atoms with Crippen molar-refractivity contribution >= 4 is 11.9 Å². The number of ether oxygens (including phenoxy) is 3. The topological polar surface area (TPSA) is 65.1 Å². The van der Waals surface area contributed by atoms with Crippen molar-refractivity contribution in [2.75, 3.05) is 0 Å². The van der Waals surface area contributed by atoms with Gasteiger partial charge >= 0.3 is 11.9 Å². The highest BCUT2D eigenvalue weighted by molar-refractivity contribution is 5.67. The molecule has 0 amide bonds. The molecular formula is C19H30O5. The summed E-state index contributed by atoms with van der Waals surface area (Å²) in [6.45, 7) is 11.1. The maximum Gasteiger partial charge on any atom is 0.303 e. The Morgan fingerprint density at radius 1 is 1.25 bits per heavy atom. The van der Waals surface area contributed by atoms with Crippen LogP contribution in [0, 0.1) is 11.8 Å². The van der Waals surface area contributed by atoms with Crippen LogP contribution in [0.2, 0.25) is 0 Å². The Hall–Kier alpha value is -1.36. The van der Waals surface area contributed by atoms with Crippen molar-refractivity contribution in [2.24, 2.45) is 11.8 Å². The average Bonchev–Trinajstić information content (AvgIpc) is 3.07. The van der Waals surface area contributed by atoms with Crippen LogP contribution in [-0.4, -0.2) is 35.9 Å². The molecule has 0 unspecified atom stereocenters. The fourth-order valence-electron chi connectivity index (χ4n) is 3.90. The minimum Gasteiger partial charge on any atom is -0.462 e. The van der Waals surface area contributed by atoms with E-state index >= 15 is 0 Å². The summed E-state index contributed by atoms with van der Waals surface area (Å²) in [6, 6.07) is 0. The lowest BCUT2D eigenvalue weighted by Crippen LogP contribution is -2.45. The highest BCUT2D eigenvalue weighted by atomic mass is 16.6. The first-order valence-electron chi connectivity index (χ1n) is 8.82. The van der Waals surface area contributed by atoms with Gasteiger partial charge in [0.25, 0.3) is 0 Å². The maximum absolute atomic E-state index is 11.7. The van der Waals surface area contributed by atoms with E-state index in [4.69, 9.17) is 14.2 Å². The van der Waals surface area contributed by atoms with E-state index in [0.717, 1.165) is 12.8 Å². The molecule has 0 radical (unpaired) electrons. The number of hydrogen-bond donors (Lipinski definition) is 0. The van der Waals surface area contributed by atoms with Crippen LogP contribution in [0.4, 0.5) is 0 Å². The van der Waals surface area contributed by atoms with Crippen molar-refractivity contribution in [3.8, 4) is 0 Å². The zero-order valence-corrected chi connectivity index (χ0v) is 15.6. The molecule has 5 atom stereocenters. The zero-order chi connectivity index (χ0) is 18.1. The molecule has 0 aromatic heterocycles. The molecule has 1 heterocycles. The third-order valence-electron chi connectivity index (χ3n) is 5.09. The Morgan fingerprint density at radius 2 is 1.88 bits per heavy atom. The molecule has 0 N–H and O–H groups in total. The lowest BCUT2D eigenvalue weighted by Gasteiger charge is -2.36. The molecule has 5 heteroatoms. The van der Waals surface area contributed by atoms with Crippen LogP contribution < -0.4 is 0 Å². The number of epoxide rings is 1. The van der Waals surface area contributed by atoms with Gasteiger partial charge < -0.3 is 14.2 Å². The SMILES string of the molecule is CC(=O)O[C@@H]1[C@H](C(C)C)[C@H](OC(C)=O)C/C(C)=C/CC[C@]2(C)O[C@@H]12. The molecule has 1 aliphatic carbocycles. The summed E-state index contributed by atoms with van der Waals surface area (Å²) >= 11 is 0. The second kappa shape index (κ2) is 7.26. The largest absolute Gasteiger partial charge is 0.462 e. The van der Waals surface area contributed by atoms with Gasteiger partial charge in [-0.05, 0) is 32.6 Å². The summed E-state index contributed by atoms with van der Waals surface area (Å²) in [5, 5.41) is 0. The van der Waals surface area contributed by atoms with Gasteiger partial charge in [-0.3, -0.25) is 9.59 Å². The van der Waals surface area contributed by atoms with Gasteiger partial charge in [0.15, 0.2) is 0 Å². The number of fused-ring (bicyclic) bond motifs is 1. The van der Waals surface area contributed by atoms with Crippen molar-refractivity contribution in [2.45, 2.75) is 84.7 Å². The summed E-state index contributed by atoms with van der Waals surface area (Å²) in [5.74, 6) is -0.559. The van der Waals surface area contributed by atoms with Gasteiger partial charge in [0.1, 0.15) is 18.3 Å². The van der Waals surface area contributed by atoms with Crippen molar-refractivity contribution in [1.82, 2.24) is 0 Å². The molecule has 0 aromatic carbocycles. The minimum absolute atomic E-state index is 0.105. The summed E-state index contributed by atoms with van der Waals surface area (Å²) in [4.78, 5) is 23.3. The van der Waals surface area contributed by atoms with E-state index in [2.05, 4.69) is 33.8 Å². The van der Waals surface area contributed by atoms with Gasteiger partial charge in [-0.25, -0.2) is 0 Å². The minimum atomic E-state index is -0.400. The van der Waals surface area contributed by atoms with Gasteiger partial charge in [-0.2, -0.15) is 0 Å². The van der Waals surface area contributed by atoms with E-state index in [0.29, 0.717) is 6.42 Å². The normalized spacial score (nSPS) is 38.5. The van der Waals surface area contributed by atoms with E-state index in [-0.39, 0.29) is 41.6 Å². The number of esters is 2. The maximum atomic E-state index is 11.7. The Labute approximate surface area is 144 Å². The first kappa shape index (κ1) is 19.0. The molecule has 0 saturated carbocycles. The average molecular weight is 338 g/mol. The van der Waals surface area contributed by atoms with E-state index in [1.165, 1.54) is 19.4 Å². The van der Waals surface area contributed by atoms with Crippen LogP contribution in [0.1, 0.15) is 60.8 Å². The second-order valence-corrected chi connectivity index (χ2v) is 7.69. The first-order valence-corrected chi connectivity index (χ1v) is 8.82. The van der Waals surface area contributed by atoms with E-state index in [1.54, 1.807) is 0 Å². The fraction of sp³-hybridized carbons (Fsp3) is 0.789. The summed E-state index contributed by atoms with van der Waals surface area (Å²) in [5.41, 5.74) is 0.915. The van der Waals surface area contributed by atoms with E-state index < -0.39 is 6.10 Å². The second-order valence-electron chi connectivity index (χ2n) is 7.69. The monoisotopic (exact) mass is 338 g/mol. The lowest BCUT2D eigenvalue weighted by atomic mass is 9.78. The van der Waals surface area contributed by atoms with Crippen LogP contribution in [0.25, 0.3) is 0 Å². The van der Waals surface area contributed by atoms with Crippen molar-refractivity contribution in [3.63, 3.8) is 0 Å². The van der Waals surface area contributed by atoms with Gasteiger partial charge in [-0.1, -0.05) is 25.5 Å². The van der Waals surface area contributed by atoms with Gasteiger partial charge in [0.2, 0.25) is 0 Å². The summed E-state index contributed by atoms with van der Waals surface area (Å²) in [7, 11) is 0. The molecule has 0 aromatic rings. The number of carbonyl (C=O) groups is 2. The van der Waals surface area contributed by atoms with Gasteiger partial charge in [0.05, 0.1) is 5.60 Å². The molecule has 1 aliphatic heterocycles. The highest BCUT2D eigenvalue weighted by Crippen LogP contribution is 2.48. The fourth-order valence-corrected chi connectivity index (χ4v) is 3.90. The molecular weight excluding hydrogens is 308 g/mol. The van der Waals surface area contributed by atoms with Crippen LogP contribution in [0.15, 0.2) is 11.6 Å². The Balaban J connectivity index is 2.40. The highest BCUT2D eigenvalue weighted by Gasteiger charge is 2.60. The van der Waals surface area contributed by atoms with Crippen LogP contribution >= 0.6 is 0 Å². The molecule has 5 nitrogen and oxygen atoms in total. The van der Waals surface area contributed by atoms with Crippen molar-refractivity contribution in [3.05, 3.63) is 11.6 Å². The van der Waals surface area contributed by atoms with Crippen molar-refractivity contribution in [1.29, 1.82) is 0 Å².